The van der Waals surface area contributed by atoms with Crippen LogP contribution in [0.4, 0.5) is 0 Å². The zero-order valence-corrected chi connectivity index (χ0v) is 10.8. The lowest BCUT2D eigenvalue weighted by atomic mass is 10.0. The first-order valence-corrected chi connectivity index (χ1v) is 5.94. The standard InChI is InChI=1S/C12H21N3O2/c1-4-6-16-10-7-11(15-9-14-10)17-8-12(3,13)5-2/h7,9H,4-6,8,13H2,1-3H3. The van der Waals surface area contributed by atoms with Crippen LogP contribution in [-0.2, 0) is 0 Å². The van der Waals surface area contributed by atoms with Gasteiger partial charge in [-0.25, -0.2) is 9.97 Å². The molecule has 1 heterocycles. The Balaban J connectivity index is 2.53. The molecule has 2 N–H and O–H groups in total. The monoisotopic (exact) mass is 239 g/mol. The van der Waals surface area contributed by atoms with Crippen LogP contribution < -0.4 is 15.2 Å². The van der Waals surface area contributed by atoms with E-state index in [9.17, 15) is 0 Å². The fraction of sp³-hybridized carbons (Fsp3) is 0.667. The van der Waals surface area contributed by atoms with Crippen LogP contribution in [0.5, 0.6) is 11.8 Å². The molecule has 0 bridgehead atoms. The van der Waals surface area contributed by atoms with Gasteiger partial charge in [0.2, 0.25) is 11.8 Å². The van der Waals surface area contributed by atoms with Crippen molar-refractivity contribution in [1.29, 1.82) is 0 Å². The summed E-state index contributed by atoms with van der Waals surface area (Å²) in [5.74, 6) is 1.03. The Morgan fingerprint density at radius 2 is 1.88 bits per heavy atom. The van der Waals surface area contributed by atoms with Gasteiger partial charge in [-0.05, 0) is 19.8 Å². The summed E-state index contributed by atoms with van der Waals surface area (Å²) >= 11 is 0. The van der Waals surface area contributed by atoms with Crippen LogP contribution in [-0.4, -0.2) is 28.7 Å². The fourth-order valence-electron chi connectivity index (χ4n) is 1.03. The van der Waals surface area contributed by atoms with Crippen LogP contribution in [0.25, 0.3) is 0 Å². The van der Waals surface area contributed by atoms with Crippen molar-refractivity contribution < 1.29 is 9.47 Å². The zero-order valence-electron chi connectivity index (χ0n) is 10.8. The lowest BCUT2D eigenvalue weighted by Gasteiger charge is -2.22. The molecule has 96 valence electrons. The van der Waals surface area contributed by atoms with E-state index in [0.29, 0.717) is 25.0 Å². The van der Waals surface area contributed by atoms with Crippen LogP contribution in [0, 0.1) is 0 Å². The van der Waals surface area contributed by atoms with E-state index in [4.69, 9.17) is 15.2 Å². The molecular formula is C12H21N3O2. The van der Waals surface area contributed by atoms with Gasteiger partial charge < -0.3 is 15.2 Å². The molecule has 0 aliphatic heterocycles. The van der Waals surface area contributed by atoms with Crippen molar-refractivity contribution in [3.05, 3.63) is 12.4 Å². The predicted molar refractivity (Wildman–Crippen MR) is 66.2 cm³/mol. The number of nitrogens with zero attached hydrogens (tertiary/aromatic N) is 2. The van der Waals surface area contributed by atoms with Gasteiger partial charge in [-0.15, -0.1) is 0 Å². The third-order valence-corrected chi connectivity index (χ3v) is 2.43. The van der Waals surface area contributed by atoms with E-state index in [1.54, 1.807) is 6.07 Å². The first-order valence-electron chi connectivity index (χ1n) is 5.94. The normalized spacial score (nSPS) is 14.1. The van der Waals surface area contributed by atoms with E-state index in [2.05, 4.69) is 9.97 Å². The third-order valence-electron chi connectivity index (χ3n) is 2.43. The molecule has 0 radical (unpaired) electrons. The van der Waals surface area contributed by atoms with Crippen LogP contribution in [0.3, 0.4) is 0 Å². The zero-order chi connectivity index (χ0) is 12.7. The molecular weight excluding hydrogens is 218 g/mol. The maximum absolute atomic E-state index is 5.98. The molecule has 0 aliphatic rings. The Morgan fingerprint density at radius 1 is 1.24 bits per heavy atom. The Morgan fingerprint density at radius 3 is 2.47 bits per heavy atom. The van der Waals surface area contributed by atoms with Gasteiger partial charge in [0.25, 0.3) is 0 Å². The topological polar surface area (TPSA) is 70.3 Å². The highest BCUT2D eigenvalue weighted by molar-refractivity contribution is 5.18. The van der Waals surface area contributed by atoms with Gasteiger partial charge in [0.15, 0.2) is 0 Å². The van der Waals surface area contributed by atoms with Crippen LogP contribution >= 0.6 is 0 Å². The van der Waals surface area contributed by atoms with Crippen molar-refractivity contribution in [2.24, 2.45) is 5.73 Å². The first kappa shape index (κ1) is 13.7. The summed E-state index contributed by atoms with van der Waals surface area (Å²) in [5.41, 5.74) is 5.64. The molecule has 1 aromatic heterocycles. The summed E-state index contributed by atoms with van der Waals surface area (Å²) in [6, 6.07) is 1.68. The molecule has 0 fully saturated rings. The summed E-state index contributed by atoms with van der Waals surface area (Å²) in [7, 11) is 0. The number of aromatic nitrogens is 2. The third kappa shape index (κ3) is 4.99. The van der Waals surface area contributed by atoms with E-state index < -0.39 is 0 Å². The van der Waals surface area contributed by atoms with E-state index in [0.717, 1.165) is 12.8 Å². The van der Waals surface area contributed by atoms with Crippen molar-refractivity contribution >= 4 is 0 Å². The quantitative estimate of drug-likeness (QED) is 0.785. The highest BCUT2D eigenvalue weighted by atomic mass is 16.5. The first-order chi connectivity index (χ1) is 8.07. The fourth-order valence-corrected chi connectivity index (χ4v) is 1.03. The molecule has 5 heteroatoms. The van der Waals surface area contributed by atoms with Gasteiger partial charge in [-0.1, -0.05) is 13.8 Å². The van der Waals surface area contributed by atoms with Crippen LogP contribution in [0.15, 0.2) is 12.4 Å². The van der Waals surface area contributed by atoms with E-state index in [-0.39, 0.29) is 5.54 Å². The molecule has 1 unspecified atom stereocenters. The van der Waals surface area contributed by atoms with Crippen molar-refractivity contribution in [3.63, 3.8) is 0 Å². The van der Waals surface area contributed by atoms with Crippen molar-refractivity contribution in [3.8, 4) is 11.8 Å². The van der Waals surface area contributed by atoms with Gasteiger partial charge in [-0.3, -0.25) is 0 Å². The molecule has 0 aromatic carbocycles. The minimum Gasteiger partial charge on any atom is -0.478 e. The molecule has 0 amide bonds. The maximum Gasteiger partial charge on any atom is 0.220 e. The molecule has 0 aliphatic carbocycles. The highest BCUT2D eigenvalue weighted by Crippen LogP contribution is 2.15. The molecule has 5 nitrogen and oxygen atoms in total. The summed E-state index contributed by atoms with van der Waals surface area (Å²) in [6.07, 6.45) is 3.22. The van der Waals surface area contributed by atoms with E-state index in [1.807, 2.05) is 20.8 Å². The smallest absolute Gasteiger partial charge is 0.220 e. The average Bonchev–Trinajstić information content (AvgIpc) is 2.35. The van der Waals surface area contributed by atoms with Gasteiger partial charge in [-0.2, -0.15) is 0 Å². The lowest BCUT2D eigenvalue weighted by Crippen LogP contribution is -2.41. The second kappa shape index (κ2) is 6.39. The lowest BCUT2D eigenvalue weighted by molar-refractivity contribution is 0.216. The molecule has 17 heavy (non-hydrogen) atoms. The number of hydrogen-bond acceptors (Lipinski definition) is 5. The van der Waals surface area contributed by atoms with Crippen molar-refractivity contribution in [2.45, 2.75) is 39.2 Å². The predicted octanol–water partition coefficient (Wildman–Crippen LogP) is 1.77. The SMILES string of the molecule is CCCOc1cc(OCC(C)(N)CC)ncn1. The second-order valence-electron chi connectivity index (χ2n) is 4.34. The van der Waals surface area contributed by atoms with Crippen molar-refractivity contribution in [2.75, 3.05) is 13.2 Å². The summed E-state index contributed by atoms with van der Waals surface area (Å²) in [4.78, 5) is 8.01. The summed E-state index contributed by atoms with van der Waals surface area (Å²) in [5, 5.41) is 0. The Bertz CT molecular complexity index is 342. The maximum atomic E-state index is 5.98. The largest absolute Gasteiger partial charge is 0.478 e. The average molecular weight is 239 g/mol. The van der Waals surface area contributed by atoms with E-state index >= 15 is 0 Å². The second-order valence-corrected chi connectivity index (χ2v) is 4.34. The molecule has 0 spiro atoms. The number of ether oxygens (including phenoxy) is 2. The van der Waals surface area contributed by atoms with Crippen LogP contribution in [0.1, 0.15) is 33.6 Å². The number of rotatable bonds is 7. The molecule has 0 saturated carbocycles. The Hall–Kier alpha value is -1.36. The van der Waals surface area contributed by atoms with Gasteiger partial charge in [0.05, 0.1) is 12.7 Å². The van der Waals surface area contributed by atoms with E-state index in [1.165, 1.54) is 6.33 Å². The number of hydrogen-bond donors (Lipinski definition) is 1. The summed E-state index contributed by atoms with van der Waals surface area (Å²) in [6.45, 7) is 7.08. The molecule has 1 aromatic rings. The molecule has 0 saturated heterocycles. The highest BCUT2D eigenvalue weighted by Gasteiger charge is 2.16. The van der Waals surface area contributed by atoms with Crippen LogP contribution in [0.2, 0.25) is 0 Å². The van der Waals surface area contributed by atoms with Crippen molar-refractivity contribution in [1.82, 2.24) is 9.97 Å². The minimum atomic E-state index is -0.338. The molecule has 1 rings (SSSR count). The minimum absolute atomic E-state index is 0.338. The number of nitrogens with two attached hydrogens (primary N) is 1. The summed E-state index contributed by atoms with van der Waals surface area (Å²) < 4.78 is 10.9. The van der Waals surface area contributed by atoms with Gasteiger partial charge in [0.1, 0.15) is 12.9 Å². The molecule has 1 atom stereocenters. The Kier molecular flexibility index (Phi) is 5.15. The van der Waals surface area contributed by atoms with Gasteiger partial charge >= 0.3 is 0 Å². The van der Waals surface area contributed by atoms with Gasteiger partial charge in [0, 0.05) is 5.54 Å². The Labute approximate surface area is 102 Å².